The number of sulfonamides is 1. The Morgan fingerprint density at radius 3 is 2.14 bits per heavy atom. The summed E-state index contributed by atoms with van der Waals surface area (Å²) in [6, 6.07) is 22.6. The molecule has 0 aliphatic heterocycles. The highest BCUT2D eigenvalue weighted by atomic mass is 32.2. The van der Waals surface area contributed by atoms with Crippen LogP contribution >= 0.6 is 0 Å². The van der Waals surface area contributed by atoms with Crippen molar-refractivity contribution in [1.29, 1.82) is 0 Å². The highest BCUT2D eigenvalue weighted by molar-refractivity contribution is 7.92. The van der Waals surface area contributed by atoms with Crippen LogP contribution in [-0.2, 0) is 10.0 Å². The number of nitrogens with one attached hydrogen (secondary N) is 2. The van der Waals surface area contributed by atoms with Crippen molar-refractivity contribution >= 4 is 27.3 Å². The molecule has 0 atom stereocenters. The van der Waals surface area contributed by atoms with Gasteiger partial charge in [-0.15, -0.1) is 0 Å². The van der Waals surface area contributed by atoms with Crippen molar-refractivity contribution in [3.8, 4) is 11.4 Å². The maximum Gasteiger partial charge on any atom is 0.261 e. The van der Waals surface area contributed by atoms with Gasteiger partial charge in [-0.3, -0.25) is 9.52 Å². The first-order valence-electron chi connectivity index (χ1n) is 11.0. The number of methoxy groups -OCH3 is 1. The Morgan fingerprint density at radius 2 is 1.51 bits per heavy atom. The number of aromatic nitrogens is 1. The highest BCUT2D eigenvalue weighted by Gasteiger charge is 2.18. The first-order valence-corrected chi connectivity index (χ1v) is 12.5. The van der Waals surface area contributed by atoms with Crippen LogP contribution in [0.3, 0.4) is 0 Å². The topological polar surface area (TPSA) is 89.4 Å². The molecule has 1 aromatic heterocycles. The predicted octanol–water partition coefficient (Wildman–Crippen LogP) is 5.46. The largest absolute Gasteiger partial charge is 0.497 e. The van der Waals surface area contributed by atoms with E-state index in [2.05, 4.69) is 16.1 Å². The average Bonchev–Trinajstić information content (AvgIpc) is 3.13. The van der Waals surface area contributed by atoms with E-state index in [-0.39, 0.29) is 10.8 Å². The zero-order chi connectivity index (χ0) is 25.2. The number of ether oxygens (including phenoxy) is 1. The number of amides is 1. The second-order valence-corrected chi connectivity index (χ2v) is 9.95. The molecule has 0 bridgehead atoms. The summed E-state index contributed by atoms with van der Waals surface area (Å²) in [5.41, 5.74) is 5.39. The van der Waals surface area contributed by atoms with E-state index in [1.807, 2.05) is 49.6 Å². The minimum atomic E-state index is -3.78. The number of anilines is 2. The van der Waals surface area contributed by atoms with Crippen molar-refractivity contribution in [2.75, 3.05) is 17.1 Å². The Kier molecular flexibility index (Phi) is 6.66. The Morgan fingerprint density at radius 1 is 0.857 bits per heavy atom. The molecule has 1 heterocycles. The first kappa shape index (κ1) is 24.1. The number of aryl methyl sites for hydroxylation is 2. The Labute approximate surface area is 205 Å². The van der Waals surface area contributed by atoms with Crippen LogP contribution in [0.25, 0.3) is 5.69 Å². The molecule has 0 saturated carbocycles. The zero-order valence-corrected chi connectivity index (χ0v) is 20.8. The van der Waals surface area contributed by atoms with Gasteiger partial charge in [0.15, 0.2) is 0 Å². The summed E-state index contributed by atoms with van der Waals surface area (Å²) in [4.78, 5) is 13.1. The maximum atomic E-state index is 13.0. The van der Waals surface area contributed by atoms with E-state index in [1.54, 1.807) is 43.5 Å². The zero-order valence-electron chi connectivity index (χ0n) is 20.0. The molecular weight excluding hydrogens is 462 g/mol. The molecule has 0 spiro atoms. The van der Waals surface area contributed by atoms with Crippen LogP contribution in [0.5, 0.6) is 5.75 Å². The summed E-state index contributed by atoms with van der Waals surface area (Å²) in [6.45, 7) is 5.90. The molecule has 0 fully saturated rings. The third-order valence-corrected chi connectivity index (χ3v) is 7.10. The number of hydrogen-bond donors (Lipinski definition) is 2. The van der Waals surface area contributed by atoms with Gasteiger partial charge in [0.2, 0.25) is 0 Å². The third kappa shape index (κ3) is 5.22. The fraction of sp³-hybridized carbons (Fsp3) is 0.148. The lowest BCUT2D eigenvalue weighted by atomic mass is 10.2. The number of rotatable bonds is 7. The normalized spacial score (nSPS) is 11.2. The summed E-state index contributed by atoms with van der Waals surface area (Å²) >= 11 is 0. The van der Waals surface area contributed by atoms with Gasteiger partial charge in [0.05, 0.1) is 17.6 Å². The maximum absolute atomic E-state index is 13.0. The van der Waals surface area contributed by atoms with Crippen LogP contribution in [0.4, 0.5) is 11.4 Å². The number of carbonyl (C=O) groups is 1. The molecule has 2 N–H and O–H groups in total. The quantitative estimate of drug-likeness (QED) is 0.361. The third-order valence-electron chi connectivity index (χ3n) is 5.70. The average molecular weight is 490 g/mol. The van der Waals surface area contributed by atoms with Crippen LogP contribution in [0.2, 0.25) is 0 Å². The van der Waals surface area contributed by atoms with Crippen LogP contribution in [0, 0.1) is 20.8 Å². The summed E-state index contributed by atoms with van der Waals surface area (Å²) in [7, 11) is -2.24. The highest BCUT2D eigenvalue weighted by Crippen LogP contribution is 2.24. The molecule has 4 aromatic rings. The molecule has 8 heteroatoms. The van der Waals surface area contributed by atoms with E-state index in [9.17, 15) is 13.2 Å². The van der Waals surface area contributed by atoms with Gasteiger partial charge in [0.25, 0.3) is 15.9 Å². The van der Waals surface area contributed by atoms with Crippen LogP contribution in [-0.4, -0.2) is 26.0 Å². The van der Waals surface area contributed by atoms with Gasteiger partial charge < -0.3 is 14.6 Å². The van der Waals surface area contributed by atoms with E-state index in [0.29, 0.717) is 22.7 Å². The minimum Gasteiger partial charge on any atom is -0.497 e. The smallest absolute Gasteiger partial charge is 0.261 e. The van der Waals surface area contributed by atoms with E-state index < -0.39 is 10.0 Å². The molecule has 35 heavy (non-hydrogen) atoms. The van der Waals surface area contributed by atoms with Crippen molar-refractivity contribution in [3.63, 3.8) is 0 Å². The Bertz CT molecular complexity index is 1470. The van der Waals surface area contributed by atoms with E-state index in [4.69, 9.17) is 4.74 Å². The second-order valence-electron chi connectivity index (χ2n) is 8.27. The fourth-order valence-corrected chi connectivity index (χ4v) is 5.00. The lowest BCUT2D eigenvalue weighted by molar-refractivity contribution is 0.102. The number of hydrogen-bond acceptors (Lipinski definition) is 4. The number of benzene rings is 3. The van der Waals surface area contributed by atoms with E-state index in [0.717, 1.165) is 22.6 Å². The summed E-state index contributed by atoms with van der Waals surface area (Å²) < 4.78 is 35.1. The van der Waals surface area contributed by atoms with Crippen molar-refractivity contribution in [2.45, 2.75) is 25.7 Å². The van der Waals surface area contributed by atoms with Crippen LogP contribution in [0.15, 0.2) is 83.8 Å². The Hall–Kier alpha value is -4.04. The van der Waals surface area contributed by atoms with Gasteiger partial charge in [0.1, 0.15) is 5.75 Å². The monoisotopic (exact) mass is 489 g/mol. The first-order chi connectivity index (χ1) is 16.7. The van der Waals surface area contributed by atoms with Gasteiger partial charge in [0, 0.05) is 28.5 Å². The SMILES string of the molecule is COc1ccc(NS(=O)(=O)c2ccc(NC(=O)c3cc(C)n(-c4cccc(C)c4)c3C)cc2)cc1. The molecule has 4 rings (SSSR count). The standard InChI is InChI=1S/C27H27N3O4S/c1-18-6-5-7-23(16-18)30-19(2)17-26(20(30)3)27(31)28-21-10-14-25(15-11-21)35(32,33)29-22-8-12-24(34-4)13-9-22/h5-17,29H,1-4H3,(H,28,31). The number of nitrogens with zero attached hydrogens (tertiary/aromatic N) is 1. The second kappa shape index (κ2) is 9.68. The van der Waals surface area contributed by atoms with Gasteiger partial charge in [-0.2, -0.15) is 0 Å². The Balaban J connectivity index is 1.50. The van der Waals surface area contributed by atoms with Crippen molar-refractivity contribution in [3.05, 3.63) is 101 Å². The molecule has 7 nitrogen and oxygen atoms in total. The molecule has 0 aliphatic carbocycles. The summed E-state index contributed by atoms with van der Waals surface area (Å²) in [5.74, 6) is 0.372. The van der Waals surface area contributed by atoms with E-state index >= 15 is 0 Å². The molecule has 1 amide bonds. The lowest BCUT2D eigenvalue weighted by Crippen LogP contribution is -2.14. The van der Waals surface area contributed by atoms with Gasteiger partial charge in [-0.1, -0.05) is 12.1 Å². The van der Waals surface area contributed by atoms with Gasteiger partial charge in [-0.25, -0.2) is 8.42 Å². The molecule has 3 aromatic carbocycles. The van der Waals surface area contributed by atoms with Gasteiger partial charge in [-0.05, 0) is 93.1 Å². The van der Waals surface area contributed by atoms with Crippen LogP contribution < -0.4 is 14.8 Å². The van der Waals surface area contributed by atoms with Crippen LogP contribution in [0.1, 0.15) is 27.3 Å². The molecular formula is C27H27N3O4S. The van der Waals surface area contributed by atoms with Crippen molar-refractivity contribution in [2.24, 2.45) is 0 Å². The number of carbonyl (C=O) groups excluding carboxylic acids is 1. The van der Waals surface area contributed by atoms with E-state index in [1.165, 1.54) is 12.1 Å². The molecule has 180 valence electrons. The summed E-state index contributed by atoms with van der Waals surface area (Å²) in [5, 5.41) is 2.86. The predicted molar refractivity (Wildman–Crippen MR) is 138 cm³/mol. The fourth-order valence-electron chi connectivity index (χ4n) is 3.95. The van der Waals surface area contributed by atoms with Gasteiger partial charge >= 0.3 is 0 Å². The van der Waals surface area contributed by atoms with Crippen molar-refractivity contribution in [1.82, 2.24) is 4.57 Å². The summed E-state index contributed by atoms with van der Waals surface area (Å²) in [6.07, 6.45) is 0. The molecule has 0 aliphatic rings. The lowest BCUT2D eigenvalue weighted by Gasteiger charge is -2.11. The molecule has 0 radical (unpaired) electrons. The molecule has 0 unspecified atom stereocenters. The minimum absolute atomic E-state index is 0.0870. The molecule has 0 saturated heterocycles. The van der Waals surface area contributed by atoms with Crippen molar-refractivity contribution < 1.29 is 17.9 Å².